The van der Waals surface area contributed by atoms with Gasteiger partial charge in [0.2, 0.25) is 5.88 Å². The second-order valence-electron chi connectivity index (χ2n) is 4.97. The maximum absolute atomic E-state index is 11.8. The highest BCUT2D eigenvalue weighted by atomic mass is 79.9. The van der Waals surface area contributed by atoms with Gasteiger partial charge in [0, 0.05) is 19.9 Å². The van der Waals surface area contributed by atoms with Crippen molar-refractivity contribution >= 4 is 61.6 Å². The first-order valence-electron chi connectivity index (χ1n) is 6.96. The fraction of sp³-hybridized carbons (Fsp3) is 0.0625. The Morgan fingerprint density at radius 2 is 1.92 bits per heavy atom. The molecule has 0 unspecified atom stereocenters. The van der Waals surface area contributed by atoms with Crippen LogP contribution in [0.3, 0.4) is 0 Å². The van der Waals surface area contributed by atoms with E-state index in [1.165, 1.54) is 0 Å². The molecule has 0 aliphatic carbocycles. The largest absolute Gasteiger partial charge is 0.493 e. The SMILES string of the molecule is O=C(COc1ccc(Cl)cc1)N=Nc1c(O)[nH]c2c(Br)cc(Cl)cc12. The number of fused-ring (bicyclic) bond motifs is 1. The number of ether oxygens (including phenoxy) is 1. The molecule has 6 nitrogen and oxygen atoms in total. The molecule has 3 aromatic rings. The van der Waals surface area contributed by atoms with Gasteiger partial charge in [0.15, 0.2) is 12.3 Å². The first-order chi connectivity index (χ1) is 11.9. The van der Waals surface area contributed by atoms with E-state index in [2.05, 4.69) is 31.1 Å². The zero-order valence-corrected chi connectivity index (χ0v) is 15.6. The third-order valence-corrected chi connectivity index (χ3v) is 4.31. The van der Waals surface area contributed by atoms with Gasteiger partial charge in [-0.05, 0) is 52.3 Å². The Morgan fingerprint density at radius 3 is 2.64 bits per heavy atom. The van der Waals surface area contributed by atoms with Crippen molar-refractivity contribution in [1.29, 1.82) is 0 Å². The summed E-state index contributed by atoms with van der Waals surface area (Å²) in [7, 11) is 0. The second kappa shape index (κ2) is 7.43. The van der Waals surface area contributed by atoms with Crippen molar-refractivity contribution < 1.29 is 14.6 Å². The normalized spacial score (nSPS) is 11.3. The molecule has 0 saturated carbocycles. The molecule has 0 aliphatic heterocycles. The number of aromatic hydroxyl groups is 1. The highest BCUT2D eigenvalue weighted by molar-refractivity contribution is 9.10. The molecule has 0 bridgehead atoms. The van der Waals surface area contributed by atoms with Crippen LogP contribution in [-0.4, -0.2) is 22.6 Å². The van der Waals surface area contributed by atoms with Crippen LogP contribution in [0.1, 0.15) is 0 Å². The Bertz CT molecular complexity index is 971. The minimum absolute atomic E-state index is 0.123. The molecule has 1 aromatic heterocycles. The molecule has 0 saturated heterocycles. The number of azo groups is 1. The van der Waals surface area contributed by atoms with Crippen LogP contribution in [0.2, 0.25) is 10.0 Å². The van der Waals surface area contributed by atoms with Crippen LogP contribution in [-0.2, 0) is 4.79 Å². The number of hydrogen-bond acceptors (Lipinski definition) is 4. The fourth-order valence-corrected chi connectivity index (χ4v) is 3.14. The number of aromatic nitrogens is 1. The number of amides is 1. The lowest BCUT2D eigenvalue weighted by Crippen LogP contribution is -2.07. The summed E-state index contributed by atoms with van der Waals surface area (Å²) in [5.74, 6) is -0.337. The molecule has 3 rings (SSSR count). The summed E-state index contributed by atoms with van der Waals surface area (Å²) < 4.78 is 5.94. The summed E-state index contributed by atoms with van der Waals surface area (Å²) in [6.45, 7) is -0.293. The third kappa shape index (κ3) is 4.12. The van der Waals surface area contributed by atoms with Crippen molar-refractivity contribution in [2.75, 3.05) is 6.61 Å². The standard InChI is InChI=1S/C16H10BrCl2N3O3/c17-12-6-9(19)5-11-14(12)20-16(24)15(11)22-21-13(23)7-25-10-3-1-8(18)2-4-10/h1-6,20,24H,7H2. The van der Waals surface area contributed by atoms with E-state index in [1.807, 2.05) is 0 Å². The Labute approximate surface area is 160 Å². The number of rotatable bonds is 4. The van der Waals surface area contributed by atoms with Crippen LogP contribution >= 0.6 is 39.1 Å². The van der Waals surface area contributed by atoms with Gasteiger partial charge in [0.1, 0.15) is 5.75 Å². The summed E-state index contributed by atoms with van der Waals surface area (Å²) >= 11 is 15.1. The van der Waals surface area contributed by atoms with Crippen molar-refractivity contribution in [3.63, 3.8) is 0 Å². The van der Waals surface area contributed by atoms with Gasteiger partial charge in [-0.2, -0.15) is 0 Å². The van der Waals surface area contributed by atoms with E-state index in [0.29, 0.717) is 31.2 Å². The smallest absolute Gasteiger partial charge is 0.302 e. The zero-order chi connectivity index (χ0) is 18.0. The molecule has 128 valence electrons. The van der Waals surface area contributed by atoms with Gasteiger partial charge < -0.3 is 14.8 Å². The fourth-order valence-electron chi connectivity index (χ4n) is 2.10. The number of carbonyl (C=O) groups excluding carboxylic acids is 1. The lowest BCUT2D eigenvalue weighted by atomic mass is 10.2. The average molecular weight is 443 g/mol. The highest BCUT2D eigenvalue weighted by Crippen LogP contribution is 2.40. The minimum atomic E-state index is -0.607. The van der Waals surface area contributed by atoms with Crippen molar-refractivity contribution in [3.8, 4) is 11.6 Å². The van der Waals surface area contributed by atoms with Crippen molar-refractivity contribution in [1.82, 2.24) is 4.98 Å². The number of carbonyl (C=O) groups is 1. The maximum atomic E-state index is 11.8. The molecule has 0 spiro atoms. The van der Waals surface area contributed by atoms with Crippen LogP contribution in [0.5, 0.6) is 11.6 Å². The summed E-state index contributed by atoms with van der Waals surface area (Å²) in [6, 6.07) is 9.85. The predicted molar refractivity (Wildman–Crippen MR) is 99.1 cm³/mol. The van der Waals surface area contributed by atoms with E-state index in [1.54, 1.807) is 36.4 Å². The van der Waals surface area contributed by atoms with Gasteiger partial charge in [0.25, 0.3) is 0 Å². The minimum Gasteiger partial charge on any atom is -0.493 e. The number of halogens is 3. The van der Waals surface area contributed by atoms with Crippen LogP contribution in [0.25, 0.3) is 10.9 Å². The molecule has 2 aromatic carbocycles. The first kappa shape index (κ1) is 17.7. The van der Waals surface area contributed by atoms with Crippen LogP contribution in [0.15, 0.2) is 51.1 Å². The molecule has 1 amide bonds. The Morgan fingerprint density at radius 1 is 1.20 bits per heavy atom. The summed E-state index contributed by atoms with van der Waals surface area (Å²) in [5, 5.41) is 18.9. The molecular formula is C16H10BrCl2N3O3. The van der Waals surface area contributed by atoms with Gasteiger partial charge in [-0.1, -0.05) is 23.2 Å². The predicted octanol–water partition coefficient (Wildman–Crippen LogP) is 5.63. The number of hydrogen-bond donors (Lipinski definition) is 2. The number of aromatic amines is 1. The lowest BCUT2D eigenvalue weighted by molar-refractivity contribution is -0.120. The number of H-pyrrole nitrogens is 1. The topological polar surface area (TPSA) is 87.0 Å². The lowest BCUT2D eigenvalue weighted by Gasteiger charge is -2.02. The number of nitrogens with zero attached hydrogens (tertiary/aromatic N) is 2. The summed E-state index contributed by atoms with van der Waals surface area (Å²) in [4.78, 5) is 14.6. The van der Waals surface area contributed by atoms with Gasteiger partial charge in [-0.3, -0.25) is 4.79 Å². The van der Waals surface area contributed by atoms with E-state index >= 15 is 0 Å². The molecule has 1 heterocycles. The third-order valence-electron chi connectivity index (χ3n) is 3.22. The van der Waals surface area contributed by atoms with Gasteiger partial charge in [-0.25, -0.2) is 0 Å². The summed E-state index contributed by atoms with van der Waals surface area (Å²) in [6.07, 6.45) is 0. The van der Waals surface area contributed by atoms with E-state index < -0.39 is 5.91 Å². The van der Waals surface area contributed by atoms with E-state index in [9.17, 15) is 9.90 Å². The van der Waals surface area contributed by atoms with Crippen LogP contribution in [0, 0.1) is 0 Å². The van der Waals surface area contributed by atoms with Crippen LogP contribution in [0.4, 0.5) is 5.69 Å². The highest BCUT2D eigenvalue weighted by Gasteiger charge is 2.14. The quantitative estimate of drug-likeness (QED) is 0.513. The Hall–Kier alpha value is -2.09. The molecular weight excluding hydrogens is 433 g/mol. The zero-order valence-electron chi connectivity index (χ0n) is 12.5. The number of benzene rings is 2. The van der Waals surface area contributed by atoms with E-state index in [0.717, 1.165) is 0 Å². The molecule has 0 fully saturated rings. The monoisotopic (exact) mass is 441 g/mol. The average Bonchev–Trinajstić information content (AvgIpc) is 2.88. The molecule has 9 heteroatoms. The van der Waals surface area contributed by atoms with Gasteiger partial charge >= 0.3 is 5.91 Å². The van der Waals surface area contributed by atoms with Gasteiger partial charge in [0.05, 0.1) is 5.52 Å². The number of nitrogens with one attached hydrogen (secondary N) is 1. The Kier molecular flexibility index (Phi) is 5.27. The van der Waals surface area contributed by atoms with Crippen molar-refractivity contribution in [2.45, 2.75) is 0 Å². The van der Waals surface area contributed by atoms with Crippen molar-refractivity contribution in [3.05, 3.63) is 50.9 Å². The second-order valence-corrected chi connectivity index (χ2v) is 6.70. The molecule has 25 heavy (non-hydrogen) atoms. The first-order valence-corrected chi connectivity index (χ1v) is 8.51. The Balaban J connectivity index is 1.75. The summed E-state index contributed by atoms with van der Waals surface area (Å²) in [5.41, 5.74) is 0.721. The van der Waals surface area contributed by atoms with E-state index in [4.69, 9.17) is 27.9 Å². The van der Waals surface area contributed by atoms with Gasteiger partial charge in [-0.15, -0.1) is 10.2 Å². The van der Waals surface area contributed by atoms with Crippen molar-refractivity contribution in [2.24, 2.45) is 10.2 Å². The van der Waals surface area contributed by atoms with Crippen LogP contribution < -0.4 is 4.74 Å². The molecule has 0 atom stereocenters. The molecule has 0 radical (unpaired) electrons. The maximum Gasteiger partial charge on any atom is 0.302 e. The molecule has 2 N–H and O–H groups in total. The van der Waals surface area contributed by atoms with E-state index in [-0.39, 0.29) is 18.2 Å². The molecule has 0 aliphatic rings.